The number of nitrogens with one attached hydrogen (secondary N) is 1. The zero-order valence-corrected chi connectivity index (χ0v) is 28.1. The van der Waals surface area contributed by atoms with Crippen LogP contribution in [0.25, 0.3) is 0 Å². The van der Waals surface area contributed by atoms with Gasteiger partial charge in [0.1, 0.15) is 23.7 Å². The molecule has 2 N–H and O–H groups in total. The Morgan fingerprint density at radius 2 is 1.83 bits per heavy atom. The second-order valence-electron chi connectivity index (χ2n) is 13.1. The van der Waals surface area contributed by atoms with E-state index in [9.17, 15) is 24.3 Å². The summed E-state index contributed by atoms with van der Waals surface area (Å²) in [6, 6.07) is 12.6. The van der Waals surface area contributed by atoms with Crippen LogP contribution in [0, 0.1) is 24.7 Å². The van der Waals surface area contributed by atoms with Crippen LogP contribution in [0.2, 0.25) is 5.02 Å². The minimum atomic E-state index is -1.55. The number of amides is 3. The van der Waals surface area contributed by atoms with Gasteiger partial charge in [-0.25, -0.2) is 0 Å². The van der Waals surface area contributed by atoms with Crippen molar-refractivity contribution in [3.8, 4) is 0 Å². The van der Waals surface area contributed by atoms with Crippen molar-refractivity contribution in [1.82, 2.24) is 10.2 Å². The molecule has 4 aliphatic rings. The number of likely N-dealkylation sites (tertiary alicyclic amines) is 1. The molecule has 254 valence electrons. The Balaban J connectivity index is 1.49. The van der Waals surface area contributed by atoms with Crippen LogP contribution in [0.1, 0.15) is 50.3 Å². The van der Waals surface area contributed by atoms with E-state index in [4.69, 9.17) is 21.1 Å². The molecule has 4 aliphatic heterocycles. The largest absolute Gasteiger partial charge is 0.455 e. The van der Waals surface area contributed by atoms with E-state index < -0.39 is 59.5 Å². The number of carbonyl (C=O) groups is 4. The van der Waals surface area contributed by atoms with Gasteiger partial charge >= 0.3 is 5.97 Å². The number of hydrogen-bond donors (Lipinski definition) is 2. The lowest BCUT2D eigenvalue weighted by Crippen LogP contribution is -2.59. The summed E-state index contributed by atoms with van der Waals surface area (Å²) in [6.45, 7) is 5.59. The number of carbonyl (C=O) groups excluding carboxylic acids is 4. The van der Waals surface area contributed by atoms with Gasteiger partial charge in [-0.1, -0.05) is 98.6 Å². The maximum absolute atomic E-state index is 14.9. The lowest BCUT2D eigenvalue weighted by atomic mass is 9.77. The van der Waals surface area contributed by atoms with Gasteiger partial charge in [0.05, 0.1) is 41.9 Å². The average molecular weight is 676 g/mol. The Hall–Kier alpha value is -3.99. The summed E-state index contributed by atoms with van der Waals surface area (Å²) in [7, 11) is 0. The Kier molecular flexibility index (Phi) is 9.79. The topological polar surface area (TPSA) is 125 Å². The molecule has 1 spiro atoms. The second kappa shape index (κ2) is 13.9. The molecular formula is C37H42ClN3O7. The highest BCUT2D eigenvalue weighted by Crippen LogP contribution is 2.54. The highest BCUT2D eigenvalue weighted by Gasteiger charge is 2.73. The molecule has 0 bridgehead atoms. The van der Waals surface area contributed by atoms with E-state index in [2.05, 4.69) is 5.32 Å². The molecule has 2 aromatic carbocycles. The smallest absolute Gasteiger partial charge is 0.313 e. The molecule has 2 aromatic rings. The predicted molar refractivity (Wildman–Crippen MR) is 180 cm³/mol. The predicted octanol–water partition coefficient (Wildman–Crippen LogP) is 4.29. The number of anilines is 1. The van der Waals surface area contributed by atoms with Crippen LogP contribution in [-0.2, 0) is 28.7 Å². The standard InChI is InChI=1S/C37H42ClN3O7/c1-4-22(2)26(21-42)41-33-35(45)40(32-23(3)12-10-15-25(32)38)19-11-18-37(33)31(34(41)44)30-27(48-37)16-8-9-17-29(43)39-20-28(47-36(30)46)24-13-6-5-7-14-24/h5-8,10-16,18,22,26-28,30-31,33,42H,4,9,17,19-21H2,1-3H3,(H,39,43)/b16-8-/t22-,26-,27+,28-,30-,31-,33+,37-/m0/s1. The third kappa shape index (κ3) is 5.84. The van der Waals surface area contributed by atoms with E-state index in [0.29, 0.717) is 29.1 Å². The fraction of sp³-hybridized carbons (Fsp3) is 0.459. The number of esters is 1. The van der Waals surface area contributed by atoms with E-state index in [-0.39, 0.29) is 37.9 Å². The molecular weight excluding hydrogens is 634 g/mol. The summed E-state index contributed by atoms with van der Waals surface area (Å²) in [5.41, 5.74) is 0.447. The number of fused-ring (bicyclic) bond motifs is 2. The molecule has 48 heavy (non-hydrogen) atoms. The van der Waals surface area contributed by atoms with Gasteiger partial charge < -0.3 is 29.7 Å². The number of nitrogens with zero attached hydrogens (tertiary/aromatic N) is 2. The van der Waals surface area contributed by atoms with Crippen molar-refractivity contribution in [2.45, 2.75) is 69.9 Å². The number of para-hydroxylation sites is 1. The number of ether oxygens (including phenoxy) is 2. The molecule has 2 saturated heterocycles. The normalized spacial score (nSPS) is 31.0. The lowest BCUT2D eigenvalue weighted by Gasteiger charge is -2.40. The number of benzene rings is 2. The Labute approximate surface area is 285 Å². The van der Waals surface area contributed by atoms with Crippen molar-refractivity contribution in [2.75, 3.05) is 24.6 Å². The molecule has 0 radical (unpaired) electrons. The Bertz CT molecular complexity index is 1610. The van der Waals surface area contributed by atoms with Crippen molar-refractivity contribution < 1.29 is 33.8 Å². The summed E-state index contributed by atoms with van der Waals surface area (Å²) in [5, 5.41) is 14.0. The molecule has 0 aromatic heterocycles. The first-order chi connectivity index (χ1) is 23.1. The van der Waals surface area contributed by atoms with Crippen molar-refractivity contribution in [2.24, 2.45) is 17.8 Å². The first kappa shape index (κ1) is 33.9. The molecule has 2 fully saturated rings. The lowest BCUT2D eigenvalue weighted by molar-refractivity contribution is -0.160. The van der Waals surface area contributed by atoms with E-state index in [1.54, 1.807) is 35.3 Å². The molecule has 0 unspecified atom stereocenters. The Morgan fingerprint density at radius 1 is 1.06 bits per heavy atom. The number of hydrogen-bond acceptors (Lipinski definition) is 7. The zero-order chi connectivity index (χ0) is 34.2. The molecule has 10 nitrogen and oxygen atoms in total. The monoisotopic (exact) mass is 675 g/mol. The summed E-state index contributed by atoms with van der Waals surface area (Å²) >= 11 is 6.68. The number of aliphatic hydroxyl groups excluding tert-OH is 1. The first-order valence-corrected chi connectivity index (χ1v) is 17.0. The summed E-state index contributed by atoms with van der Waals surface area (Å²) in [5.74, 6) is -4.12. The van der Waals surface area contributed by atoms with Crippen molar-refractivity contribution in [3.63, 3.8) is 0 Å². The number of rotatable bonds is 6. The SMILES string of the molecule is CC[C@H](C)[C@H](CO)N1C(=O)[C@@H]2[C@H]3C(=O)O[C@H](c4ccccc4)CNC(=O)CC/C=C\[C@H]3O[C@@]23C=CCN(c2c(C)cccc2Cl)C(=O)[C@@H]13. The van der Waals surface area contributed by atoms with Gasteiger partial charge in [-0.2, -0.15) is 0 Å². The van der Waals surface area contributed by atoms with E-state index >= 15 is 0 Å². The fourth-order valence-electron chi connectivity index (χ4n) is 7.68. The summed E-state index contributed by atoms with van der Waals surface area (Å²) < 4.78 is 13.0. The van der Waals surface area contributed by atoms with Gasteiger partial charge in [0.2, 0.25) is 11.8 Å². The van der Waals surface area contributed by atoms with E-state index in [0.717, 1.165) is 5.56 Å². The van der Waals surface area contributed by atoms with Gasteiger partial charge in [-0.15, -0.1) is 0 Å². The highest BCUT2D eigenvalue weighted by molar-refractivity contribution is 6.34. The second-order valence-corrected chi connectivity index (χ2v) is 13.5. The van der Waals surface area contributed by atoms with Crippen LogP contribution in [0.5, 0.6) is 0 Å². The van der Waals surface area contributed by atoms with Gasteiger partial charge in [-0.3, -0.25) is 19.2 Å². The van der Waals surface area contributed by atoms with Crippen molar-refractivity contribution in [3.05, 3.63) is 89.0 Å². The van der Waals surface area contributed by atoms with Crippen LogP contribution in [0.4, 0.5) is 5.69 Å². The van der Waals surface area contributed by atoms with Crippen molar-refractivity contribution >= 4 is 41.0 Å². The minimum Gasteiger partial charge on any atom is -0.455 e. The number of aryl methyl sites for hydroxylation is 1. The van der Waals surface area contributed by atoms with Gasteiger partial charge in [0.15, 0.2) is 0 Å². The quantitative estimate of drug-likeness (QED) is 0.346. The van der Waals surface area contributed by atoms with Gasteiger partial charge in [0, 0.05) is 13.0 Å². The first-order valence-electron chi connectivity index (χ1n) is 16.7. The zero-order valence-electron chi connectivity index (χ0n) is 27.4. The Morgan fingerprint density at radius 3 is 2.54 bits per heavy atom. The third-order valence-corrected chi connectivity index (χ3v) is 10.6. The summed E-state index contributed by atoms with van der Waals surface area (Å²) in [6.07, 6.45) is 6.52. The maximum Gasteiger partial charge on any atom is 0.313 e. The number of aliphatic hydroxyl groups is 1. The molecule has 6 rings (SSSR count). The van der Waals surface area contributed by atoms with E-state index in [1.807, 2.05) is 63.2 Å². The molecule has 4 heterocycles. The third-order valence-electron chi connectivity index (χ3n) is 10.3. The van der Waals surface area contributed by atoms with Gasteiger partial charge in [-0.05, 0) is 36.5 Å². The fourth-order valence-corrected chi connectivity index (χ4v) is 8.01. The number of allylic oxidation sites excluding steroid dienone is 1. The van der Waals surface area contributed by atoms with Crippen LogP contribution in [0.3, 0.4) is 0 Å². The number of halogens is 1. The number of cyclic esters (lactones) is 1. The van der Waals surface area contributed by atoms with Crippen LogP contribution in [-0.4, -0.2) is 77.2 Å². The maximum atomic E-state index is 14.9. The minimum absolute atomic E-state index is 0.0557. The average Bonchev–Trinajstić information content (AvgIpc) is 3.47. The molecule has 3 amide bonds. The van der Waals surface area contributed by atoms with Crippen molar-refractivity contribution in [1.29, 1.82) is 0 Å². The molecule has 0 saturated carbocycles. The molecule has 0 aliphatic carbocycles. The van der Waals surface area contributed by atoms with E-state index in [1.165, 1.54) is 4.90 Å². The van der Waals surface area contributed by atoms with Gasteiger partial charge in [0.25, 0.3) is 5.91 Å². The van der Waals surface area contributed by atoms with Crippen LogP contribution in [0.15, 0.2) is 72.8 Å². The van der Waals surface area contributed by atoms with Crippen LogP contribution >= 0.6 is 11.6 Å². The molecule has 11 heteroatoms. The summed E-state index contributed by atoms with van der Waals surface area (Å²) in [4.78, 5) is 59.9. The molecule has 8 atom stereocenters. The van der Waals surface area contributed by atoms with Crippen LogP contribution < -0.4 is 10.2 Å². The highest BCUT2D eigenvalue weighted by atomic mass is 35.5.